The number of anilines is 1. The lowest BCUT2D eigenvalue weighted by molar-refractivity contribution is 0.460. The van der Waals surface area contributed by atoms with E-state index in [0.717, 1.165) is 11.4 Å². The van der Waals surface area contributed by atoms with Crippen LogP contribution in [-0.2, 0) is 6.54 Å². The monoisotopic (exact) mass is 336 g/mol. The van der Waals surface area contributed by atoms with E-state index in [1.54, 1.807) is 35.2 Å². The van der Waals surface area contributed by atoms with Crippen LogP contribution in [0.4, 0.5) is 10.2 Å². The van der Waals surface area contributed by atoms with Crippen LogP contribution in [0.1, 0.15) is 5.56 Å². The molecule has 0 saturated carbocycles. The number of aromatic nitrogens is 5. The summed E-state index contributed by atoms with van der Waals surface area (Å²) >= 11 is 0. The largest absolute Gasteiger partial charge is 0.439 e. The molecule has 4 aromatic rings. The number of nitrogens with zero attached hydrogens (tertiary/aromatic N) is 5. The van der Waals surface area contributed by atoms with E-state index in [9.17, 15) is 4.39 Å². The van der Waals surface area contributed by atoms with Crippen molar-refractivity contribution in [1.82, 2.24) is 24.6 Å². The van der Waals surface area contributed by atoms with Crippen molar-refractivity contribution in [3.63, 3.8) is 0 Å². The number of hydrogen-bond donors (Lipinski definition) is 1. The van der Waals surface area contributed by atoms with Gasteiger partial charge in [-0.05, 0) is 35.9 Å². The fourth-order valence-corrected chi connectivity index (χ4v) is 2.31. The Morgan fingerprint density at radius 3 is 2.84 bits per heavy atom. The highest BCUT2D eigenvalue weighted by Crippen LogP contribution is 2.20. The van der Waals surface area contributed by atoms with Gasteiger partial charge in [0.2, 0.25) is 5.88 Å². The third kappa shape index (κ3) is 3.37. The normalized spacial score (nSPS) is 10.8. The van der Waals surface area contributed by atoms with Crippen molar-refractivity contribution >= 4 is 11.5 Å². The van der Waals surface area contributed by atoms with Crippen molar-refractivity contribution in [3.8, 4) is 11.6 Å². The lowest BCUT2D eigenvalue weighted by Gasteiger charge is -2.09. The number of halogens is 1. The van der Waals surface area contributed by atoms with E-state index < -0.39 is 0 Å². The minimum absolute atomic E-state index is 0.311. The van der Waals surface area contributed by atoms with Crippen LogP contribution < -0.4 is 10.1 Å². The zero-order chi connectivity index (χ0) is 17.1. The summed E-state index contributed by atoms with van der Waals surface area (Å²) in [4.78, 5) is 12.4. The molecule has 0 radical (unpaired) electrons. The van der Waals surface area contributed by atoms with Crippen molar-refractivity contribution < 1.29 is 9.13 Å². The van der Waals surface area contributed by atoms with Gasteiger partial charge in [-0.3, -0.25) is 4.98 Å². The highest BCUT2D eigenvalue weighted by molar-refractivity contribution is 5.45. The number of ether oxygens (including phenoxy) is 1. The second-order valence-electron chi connectivity index (χ2n) is 5.23. The molecule has 0 spiro atoms. The molecule has 0 aliphatic heterocycles. The van der Waals surface area contributed by atoms with E-state index in [0.29, 0.717) is 23.8 Å². The Labute approximate surface area is 142 Å². The molecule has 4 rings (SSSR count). The lowest BCUT2D eigenvalue weighted by atomic mass is 10.2. The number of benzene rings is 1. The number of fused-ring (bicyclic) bond motifs is 1. The summed E-state index contributed by atoms with van der Waals surface area (Å²) in [6, 6.07) is 9.47. The van der Waals surface area contributed by atoms with Crippen LogP contribution in [0.15, 0.2) is 61.3 Å². The maximum absolute atomic E-state index is 12.9. The molecule has 0 saturated heterocycles. The molecular formula is C17H13FN6O. The van der Waals surface area contributed by atoms with E-state index in [4.69, 9.17) is 4.74 Å². The average Bonchev–Trinajstić information content (AvgIpc) is 3.12. The third-order valence-corrected chi connectivity index (χ3v) is 3.50. The van der Waals surface area contributed by atoms with Crippen molar-refractivity contribution in [2.45, 2.75) is 6.54 Å². The molecule has 3 heterocycles. The standard InChI is InChI=1S/C17H13FN6O/c18-13-1-3-14(4-2-13)25-17-7-12(5-6-20-17)8-21-15-9-19-10-16-22-11-23-24(15)16/h1-7,9-11,21H,8H2. The Hall–Kier alpha value is -3.55. The molecule has 8 heteroatoms. The molecule has 0 bridgehead atoms. The SMILES string of the molecule is Fc1ccc(Oc2cc(CNc3cncc4ncnn34)ccn2)cc1. The van der Waals surface area contributed by atoms with Gasteiger partial charge in [0.15, 0.2) is 5.65 Å². The van der Waals surface area contributed by atoms with E-state index in [2.05, 4.69) is 25.4 Å². The zero-order valence-electron chi connectivity index (χ0n) is 13.0. The third-order valence-electron chi connectivity index (χ3n) is 3.50. The smallest absolute Gasteiger partial charge is 0.219 e. The molecule has 7 nitrogen and oxygen atoms in total. The number of rotatable bonds is 5. The second-order valence-corrected chi connectivity index (χ2v) is 5.23. The first-order chi connectivity index (χ1) is 12.3. The van der Waals surface area contributed by atoms with E-state index >= 15 is 0 Å². The summed E-state index contributed by atoms with van der Waals surface area (Å²) < 4.78 is 20.3. The quantitative estimate of drug-likeness (QED) is 0.603. The summed E-state index contributed by atoms with van der Waals surface area (Å²) in [6.07, 6.45) is 6.45. The minimum Gasteiger partial charge on any atom is -0.439 e. The maximum Gasteiger partial charge on any atom is 0.219 e. The van der Waals surface area contributed by atoms with Crippen LogP contribution in [-0.4, -0.2) is 24.6 Å². The molecule has 0 aliphatic carbocycles. The van der Waals surface area contributed by atoms with Gasteiger partial charge < -0.3 is 10.1 Å². The van der Waals surface area contributed by atoms with Gasteiger partial charge in [0.1, 0.15) is 23.7 Å². The molecule has 0 unspecified atom stereocenters. The molecule has 1 N–H and O–H groups in total. The molecule has 0 atom stereocenters. The topological polar surface area (TPSA) is 77.2 Å². The number of nitrogens with one attached hydrogen (secondary N) is 1. The van der Waals surface area contributed by atoms with Crippen molar-refractivity contribution in [3.05, 3.63) is 72.7 Å². The van der Waals surface area contributed by atoms with Crippen LogP contribution >= 0.6 is 0 Å². The highest BCUT2D eigenvalue weighted by Gasteiger charge is 2.04. The minimum atomic E-state index is -0.311. The fourth-order valence-electron chi connectivity index (χ4n) is 2.31. The zero-order valence-corrected chi connectivity index (χ0v) is 13.0. The summed E-state index contributed by atoms with van der Waals surface area (Å²) in [5.41, 5.74) is 1.63. The molecule has 0 amide bonds. The average molecular weight is 336 g/mol. The first-order valence-electron chi connectivity index (χ1n) is 7.54. The summed E-state index contributed by atoms with van der Waals surface area (Å²) in [7, 11) is 0. The van der Waals surface area contributed by atoms with Gasteiger partial charge in [0, 0.05) is 18.8 Å². The fraction of sp³-hybridized carbons (Fsp3) is 0.0588. The van der Waals surface area contributed by atoms with E-state index in [-0.39, 0.29) is 5.82 Å². The van der Waals surface area contributed by atoms with Gasteiger partial charge in [0.05, 0.1) is 12.4 Å². The summed E-state index contributed by atoms with van der Waals surface area (Å²) in [5, 5.41) is 7.40. The molecule has 3 aromatic heterocycles. The maximum atomic E-state index is 12.9. The van der Waals surface area contributed by atoms with Crippen LogP contribution in [0.25, 0.3) is 5.65 Å². The first-order valence-corrected chi connectivity index (χ1v) is 7.54. The van der Waals surface area contributed by atoms with Gasteiger partial charge in [-0.2, -0.15) is 9.61 Å². The predicted molar refractivity (Wildman–Crippen MR) is 88.8 cm³/mol. The number of hydrogen-bond acceptors (Lipinski definition) is 6. The predicted octanol–water partition coefficient (Wildman–Crippen LogP) is 3.06. The van der Waals surface area contributed by atoms with E-state index in [1.807, 2.05) is 12.1 Å². The van der Waals surface area contributed by atoms with Crippen LogP contribution in [0.2, 0.25) is 0 Å². The molecular weight excluding hydrogens is 323 g/mol. The van der Waals surface area contributed by atoms with Gasteiger partial charge >= 0.3 is 0 Å². The van der Waals surface area contributed by atoms with Gasteiger partial charge in [-0.15, -0.1) is 0 Å². The Morgan fingerprint density at radius 2 is 1.96 bits per heavy atom. The summed E-state index contributed by atoms with van der Waals surface area (Å²) in [5.74, 6) is 1.38. The van der Waals surface area contributed by atoms with Crippen LogP contribution in [0.3, 0.4) is 0 Å². The van der Waals surface area contributed by atoms with Crippen molar-refractivity contribution in [2.75, 3.05) is 5.32 Å². The van der Waals surface area contributed by atoms with Crippen molar-refractivity contribution in [2.24, 2.45) is 0 Å². The Kier molecular flexibility index (Phi) is 3.91. The Morgan fingerprint density at radius 1 is 1.08 bits per heavy atom. The highest BCUT2D eigenvalue weighted by atomic mass is 19.1. The Balaban J connectivity index is 1.48. The van der Waals surface area contributed by atoms with Crippen LogP contribution in [0, 0.1) is 5.82 Å². The number of pyridine rings is 1. The lowest BCUT2D eigenvalue weighted by Crippen LogP contribution is -2.06. The first kappa shape index (κ1) is 15.0. The Bertz CT molecular complexity index is 1000. The molecule has 25 heavy (non-hydrogen) atoms. The van der Waals surface area contributed by atoms with E-state index in [1.165, 1.54) is 18.5 Å². The van der Waals surface area contributed by atoms with Crippen LogP contribution in [0.5, 0.6) is 11.6 Å². The van der Waals surface area contributed by atoms with Gasteiger partial charge in [0.25, 0.3) is 0 Å². The molecule has 0 aliphatic rings. The second kappa shape index (κ2) is 6.52. The van der Waals surface area contributed by atoms with Gasteiger partial charge in [-0.1, -0.05) is 0 Å². The van der Waals surface area contributed by atoms with Crippen molar-refractivity contribution in [1.29, 1.82) is 0 Å². The molecule has 124 valence electrons. The molecule has 0 fully saturated rings. The molecule has 1 aromatic carbocycles. The van der Waals surface area contributed by atoms with Gasteiger partial charge in [-0.25, -0.2) is 14.4 Å². The summed E-state index contributed by atoms with van der Waals surface area (Å²) in [6.45, 7) is 0.531.